The molecule has 1 rings (SSSR count). The normalized spacial score (nSPS) is 13.0. The van der Waals surface area contributed by atoms with Crippen LogP contribution in [0.25, 0.3) is 0 Å². The van der Waals surface area contributed by atoms with Crippen LogP contribution in [-0.2, 0) is 24.3 Å². The fourth-order valence-corrected chi connectivity index (χ4v) is 3.18. The van der Waals surface area contributed by atoms with E-state index in [1.165, 1.54) is 12.1 Å². The van der Waals surface area contributed by atoms with Gasteiger partial charge >= 0.3 is 5.97 Å². The summed E-state index contributed by atoms with van der Waals surface area (Å²) in [5, 5.41) is 0. The van der Waals surface area contributed by atoms with Crippen molar-refractivity contribution in [2.24, 2.45) is 5.92 Å². The van der Waals surface area contributed by atoms with Crippen LogP contribution in [0.15, 0.2) is 35.2 Å². The van der Waals surface area contributed by atoms with Crippen molar-refractivity contribution in [3.05, 3.63) is 30.3 Å². The molecule has 1 atom stereocenters. The van der Waals surface area contributed by atoms with Gasteiger partial charge in [0, 0.05) is 6.61 Å². The molecule has 0 bridgehead atoms. The molecule has 6 nitrogen and oxygen atoms in total. The van der Waals surface area contributed by atoms with Crippen molar-refractivity contribution in [2.75, 3.05) is 19.8 Å². The number of carbonyl (C=O) groups is 1. The lowest BCUT2D eigenvalue weighted by Crippen LogP contribution is -2.42. The summed E-state index contributed by atoms with van der Waals surface area (Å²) >= 11 is 0. The fourth-order valence-electron chi connectivity index (χ4n) is 1.96. The molecule has 23 heavy (non-hydrogen) atoms. The Kier molecular flexibility index (Phi) is 8.22. The second-order valence-electron chi connectivity index (χ2n) is 5.48. The molecular weight excluding hydrogens is 318 g/mol. The van der Waals surface area contributed by atoms with E-state index < -0.39 is 22.0 Å². The van der Waals surface area contributed by atoms with Crippen LogP contribution in [0, 0.1) is 5.92 Å². The minimum Gasteiger partial charge on any atom is -0.462 e. The van der Waals surface area contributed by atoms with Crippen LogP contribution >= 0.6 is 0 Å². The van der Waals surface area contributed by atoms with Crippen molar-refractivity contribution in [3.8, 4) is 0 Å². The highest BCUT2D eigenvalue weighted by atomic mass is 32.2. The largest absolute Gasteiger partial charge is 0.462 e. The first-order chi connectivity index (χ1) is 10.9. The molecule has 0 heterocycles. The van der Waals surface area contributed by atoms with E-state index in [-0.39, 0.29) is 17.4 Å². The number of hydrogen-bond donors (Lipinski definition) is 1. The van der Waals surface area contributed by atoms with Gasteiger partial charge in [-0.3, -0.25) is 4.79 Å². The number of carbonyl (C=O) groups excluding carboxylic acids is 1. The molecule has 0 saturated carbocycles. The smallest absolute Gasteiger partial charge is 0.324 e. The van der Waals surface area contributed by atoms with Gasteiger partial charge in [0.05, 0.1) is 11.5 Å². The first-order valence-corrected chi connectivity index (χ1v) is 9.17. The Bertz CT molecular complexity index is 571. The van der Waals surface area contributed by atoms with E-state index in [1.54, 1.807) is 18.2 Å². The predicted octanol–water partition coefficient (Wildman–Crippen LogP) is 1.96. The number of nitrogens with one attached hydrogen (secondary N) is 1. The zero-order valence-corrected chi connectivity index (χ0v) is 14.6. The predicted molar refractivity (Wildman–Crippen MR) is 87.5 cm³/mol. The molecule has 0 saturated heterocycles. The Morgan fingerprint density at radius 3 is 2.39 bits per heavy atom. The van der Waals surface area contributed by atoms with Gasteiger partial charge in [-0.25, -0.2) is 8.42 Å². The minimum atomic E-state index is -3.77. The molecule has 0 aliphatic rings. The highest BCUT2D eigenvalue weighted by Gasteiger charge is 2.27. The third-order valence-corrected chi connectivity index (χ3v) is 4.51. The number of esters is 1. The summed E-state index contributed by atoms with van der Waals surface area (Å²) in [6.45, 7) is 6.61. The van der Waals surface area contributed by atoms with E-state index in [4.69, 9.17) is 9.47 Å². The van der Waals surface area contributed by atoms with Crippen LogP contribution < -0.4 is 4.72 Å². The highest BCUT2D eigenvalue weighted by Crippen LogP contribution is 2.13. The number of hydrogen-bond acceptors (Lipinski definition) is 5. The summed E-state index contributed by atoms with van der Waals surface area (Å²) < 4.78 is 37.4. The second kappa shape index (κ2) is 9.64. The summed E-state index contributed by atoms with van der Waals surface area (Å²) in [5.41, 5.74) is 0. The first-order valence-electron chi connectivity index (χ1n) is 7.68. The molecule has 0 spiro atoms. The second-order valence-corrected chi connectivity index (χ2v) is 7.19. The molecule has 1 aromatic rings. The van der Waals surface area contributed by atoms with E-state index in [2.05, 4.69) is 4.72 Å². The van der Waals surface area contributed by atoms with Gasteiger partial charge in [-0.15, -0.1) is 0 Å². The van der Waals surface area contributed by atoms with Gasteiger partial charge in [0.25, 0.3) is 0 Å². The van der Waals surface area contributed by atoms with Crippen LogP contribution in [0.3, 0.4) is 0 Å². The van der Waals surface area contributed by atoms with E-state index in [9.17, 15) is 13.2 Å². The van der Waals surface area contributed by atoms with Crippen molar-refractivity contribution in [1.29, 1.82) is 0 Å². The van der Waals surface area contributed by atoms with Crippen LogP contribution in [0.4, 0.5) is 0 Å². The minimum absolute atomic E-state index is 0.105. The Labute approximate surface area is 138 Å². The molecule has 0 aromatic heterocycles. The van der Waals surface area contributed by atoms with E-state index >= 15 is 0 Å². The lowest BCUT2D eigenvalue weighted by atomic mass is 10.1. The zero-order valence-electron chi connectivity index (χ0n) is 13.8. The van der Waals surface area contributed by atoms with Gasteiger partial charge in [-0.1, -0.05) is 32.0 Å². The maximum Gasteiger partial charge on any atom is 0.324 e. The van der Waals surface area contributed by atoms with Crippen LogP contribution in [0.5, 0.6) is 0 Å². The zero-order chi connectivity index (χ0) is 17.3. The Morgan fingerprint density at radius 2 is 1.83 bits per heavy atom. The van der Waals surface area contributed by atoms with E-state index in [0.717, 1.165) is 0 Å². The Morgan fingerprint density at radius 1 is 1.17 bits per heavy atom. The molecule has 0 radical (unpaired) electrons. The number of benzene rings is 1. The Hall–Kier alpha value is -1.44. The third-order valence-electron chi connectivity index (χ3n) is 3.02. The highest BCUT2D eigenvalue weighted by molar-refractivity contribution is 7.89. The van der Waals surface area contributed by atoms with Crippen LogP contribution in [0.1, 0.15) is 27.2 Å². The van der Waals surface area contributed by atoms with Gasteiger partial charge in [-0.2, -0.15) is 4.72 Å². The maximum atomic E-state index is 12.4. The summed E-state index contributed by atoms with van der Waals surface area (Å²) in [7, 11) is -3.77. The lowest BCUT2D eigenvalue weighted by molar-refractivity contribution is -0.147. The molecule has 7 heteroatoms. The van der Waals surface area contributed by atoms with Gasteiger partial charge in [0.1, 0.15) is 12.6 Å². The number of ether oxygens (including phenoxy) is 2. The van der Waals surface area contributed by atoms with Gasteiger partial charge in [0.15, 0.2) is 0 Å². The third kappa shape index (κ3) is 7.11. The molecule has 1 aromatic carbocycles. The molecule has 0 aliphatic carbocycles. The van der Waals surface area contributed by atoms with E-state index in [0.29, 0.717) is 19.6 Å². The molecule has 0 unspecified atom stereocenters. The number of rotatable bonds is 10. The summed E-state index contributed by atoms with van der Waals surface area (Å²) in [5.74, 6) is -0.448. The van der Waals surface area contributed by atoms with Crippen molar-refractivity contribution >= 4 is 16.0 Å². The standard InChI is InChI=1S/C16H25NO5S/c1-4-21-10-11-22-16(18)15(12-13(2)3)17-23(19,20)14-8-6-5-7-9-14/h5-9,13,15,17H,4,10-12H2,1-3H3/t15-/m0/s1. The molecule has 0 fully saturated rings. The SMILES string of the molecule is CCOCCOC(=O)[C@H](CC(C)C)NS(=O)(=O)c1ccccc1. The average Bonchev–Trinajstić information content (AvgIpc) is 2.51. The number of sulfonamides is 1. The van der Waals surface area contributed by atoms with E-state index in [1.807, 2.05) is 20.8 Å². The topological polar surface area (TPSA) is 81.7 Å². The molecule has 1 N–H and O–H groups in total. The summed E-state index contributed by atoms with van der Waals surface area (Å²) in [6.07, 6.45) is 0.361. The quantitative estimate of drug-likeness (QED) is 0.519. The molecule has 0 aliphatic heterocycles. The monoisotopic (exact) mass is 343 g/mol. The maximum absolute atomic E-state index is 12.4. The van der Waals surface area contributed by atoms with Crippen molar-refractivity contribution in [2.45, 2.75) is 38.1 Å². The Balaban J connectivity index is 2.76. The average molecular weight is 343 g/mol. The molecule has 0 amide bonds. The van der Waals surface area contributed by atoms with Crippen molar-refractivity contribution < 1.29 is 22.7 Å². The fraction of sp³-hybridized carbons (Fsp3) is 0.562. The van der Waals surface area contributed by atoms with Crippen LogP contribution in [0.2, 0.25) is 0 Å². The van der Waals surface area contributed by atoms with Crippen LogP contribution in [-0.4, -0.2) is 40.2 Å². The summed E-state index contributed by atoms with van der Waals surface area (Å²) in [6, 6.07) is 7.04. The van der Waals surface area contributed by atoms with Gasteiger partial charge in [0.2, 0.25) is 10.0 Å². The molecular formula is C16H25NO5S. The summed E-state index contributed by atoms with van der Waals surface area (Å²) in [4.78, 5) is 12.3. The lowest BCUT2D eigenvalue weighted by Gasteiger charge is -2.19. The van der Waals surface area contributed by atoms with Gasteiger partial charge in [-0.05, 0) is 31.4 Å². The molecule has 130 valence electrons. The first kappa shape index (κ1) is 19.6. The van der Waals surface area contributed by atoms with Crippen molar-refractivity contribution in [3.63, 3.8) is 0 Å². The van der Waals surface area contributed by atoms with Gasteiger partial charge < -0.3 is 9.47 Å². The van der Waals surface area contributed by atoms with Crippen molar-refractivity contribution in [1.82, 2.24) is 4.72 Å².